The summed E-state index contributed by atoms with van der Waals surface area (Å²) in [5.41, 5.74) is 0. The molecule has 0 atom stereocenters. The molecule has 0 unspecified atom stereocenters. The lowest BCUT2D eigenvalue weighted by Gasteiger charge is -1.93. The number of carboxylic acid groups (broad SMARTS) is 4. The minimum absolute atomic E-state index is 0.833. The smallest absolute Gasteiger partial charge is 0.300 e. The Bertz CT molecular complexity index is 230. The number of carbonyl (C=O) groups is 4. The number of hydrogen-bond acceptors (Lipinski definition) is 4. The average molecular weight is 353 g/mol. The molecule has 8 nitrogen and oxygen atoms in total. The van der Waals surface area contributed by atoms with E-state index in [1.807, 2.05) is 0 Å². The highest BCUT2D eigenvalue weighted by Crippen LogP contribution is 2.03. The van der Waals surface area contributed by atoms with Gasteiger partial charge in [-0.3, -0.25) is 19.2 Å². The Morgan fingerprint density at radius 2 is 0.833 bits per heavy atom. The van der Waals surface area contributed by atoms with Crippen LogP contribution in [0.3, 0.4) is 0 Å². The average Bonchev–Trinajstić information content (AvgIpc) is 2.32. The topological polar surface area (TPSA) is 149 Å². The molecular formula is C16H33O8. The van der Waals surface area contributed by atoms with E-state index in [9.17, 15) is 0 Å². The molecule has 0 amide bonds. The van der Waals surface area contributed by atoms with Crippen LogP contribution in [0.1, 0.15) is 73.1 Å². The molecule has 8 heteroatoms. The SMILES string of the molecule is CC(=O)O.CC(=O)O.CC(=O)O.CC(=O)O.[CH2]CCCCCCC. The zero-order valence-electron chi connectivity index (χ0n) is 15.4. The Kier molecular flexibility index (Phi) is 45.6. The molecule has 0 rings (SSSR count). The fraction of sp³-hybridized carbons (Fsp3) is 0.688. The largest absolute Gasteiger partial charge is 0.481 e. The van der Waals surface area contributed by atoms with Gasteiger partial charge in [0, 0.05) is 27.7 Å². The van der Waals surface area contributed by atoms with Crippen LogP contribution in [0.4, 0.5) is 0 Å². The molecule has 4 N–H and O–H groups in total. The van der Waals surface area contributed by atoms with E-state index in [4.69, 9.17) is 39.6 Å². The monoisotopic (exact) mass is 353 g/mol. The van der Waals surface area contributed by atoms with E-state index in [0.29, 0.717) is 0 Å². The molecule has 0 aliphatic heterocycles. The zero-order chi connectivity index (χ0) is 20.6. The Morgan fingerprint density at radius 3 is 1.00 bits per heavy atom. The highest BCUT2D eigenvalue weighted by Gasteiger charge is 1.83. The fourth-order valence-corrected chi connectivity index (χ4v) is 0.780. The Morgan fingerprint density at radius 1 is 0.625 bits per heavy atom. The van der Waals surface area contributed by atoms with E-state index < -0.39 is 23.9 Å². The van der Waals surface area contributed by atoms with Crippen molar-refractivity contribution in [2.24, 2.45) is 0 Å². The maximum absolute atomic E-state index is 9.00. The van der Waals surface area contributed by atoms with E-state index in [1.165, 1.54) is 32.1 Å². The molecule has 0 aliphatic rings. The summed E-state index contributed by atoms with van der Waals surface area (Å²) in [7, 11) is 0. The molecule has 24 heavy (non-hydrogen) atoms. The van der Waals surface area contributed by atoms with Crippen LogP contribution in [0, 0.1) is 6.92 Å². The molecule has 0 bridgehead atoms. The fourth-order valence-electron chi connectivity index (χ4n) is 0.780. The molecule has 0 aromatic heterocycles. The first-order valence-electron chi connectivity index (χ1n) is 7.42. The predicted octanol–water partition coefficient (Wildman–Crippen LogP) is 3.54. The molecule has 0 saturated heterocycles. The van der Waals surface area contributed by atoms with Crippen molar-refractivity contribution < 1.29 is 39.6 Å². The quantitative estimate of drug-likeness (QED) is 0.548. The highest BCUT2D eigenvalue weighted by atomic mass is 16.4. The zero-order valence-corrected chi connectivity index (χ0v) is 15.4. The van der Waals surface area contributed by atoms with Gasteiger partial charge in [0.15, 0.2) is 0 Å². The lowest BCUT2D eigenvalue weighted by atomic mass is 10.1. The van der Waals surface area contributed by atoms with E-state index in [1.54, 1.807) is 0 Å². The molecule has 1 radical (unpaired) electrons. The maximum Gasteiger partial charge on any atom is 0.300 e. The number of unbranched alkanes of at least 4 members (excludes halogenated alkanes) is 5. The van der Waals surface area contributed by atoms with Gasteiger partial charge in [0.2, 0.25) is 0 Å². The standard InChI is InChI=1S/C8H17.4C2H4O2/c1-3-5-7-8-6-4-2;4*1-2(3)4/h1,3-8H2,2H3;4*1H3,(H,3,4). The third-order valence-corrected chi connectivity index (χ3v) is 1.35. The molecule has 0 heterocycles. The highest BCUT2D eigenvalue weighted by molar-refractivity contribution is 5.63. The summed E-state index contributed by atoms with van der Waals surface area (Å²) in [4.78, 5) is 36.0. The van der Waals surface area contributed by atoms with Crippen molar-refractivity contribution in [3.63, 3.8) is 0 Å². The minimum Gasteiger partial charge on any atom is -0.481 e. The van der Waals surface area contributed by atoms with Gasteiger partial charge in [0.1, 0.15) is 0 Å². The molecule has 0 fully saturated rings. The van der Waals surface area contributed by atoms with Crippen LogP contribution in [0.15, 0.2) is 0 Å². The summed E-state index contributed by atoms with van der Waals surface area (Å²) in [6.07, 6.45) is 7.98. The molecule has 145 valence electrons. The van der Waals surface area contributed by atoms with Crippen molar-refractivity contribution in [2.75, 3.05) is 0 Å². The van der Waals surface area contributed by atoms with Crippen molar-refractivity contribution in [2.45, 2.75) is 73.1 Å². The molecule has 0 aromatic rings. The Balaban J connectivity index is -0.0000000657. The predicted molar refractivity (Wildman–Crippen MR) is 92.0 cm³/mol. The van der Waals surface area contributed by atoms with Gasteiger partial charge in [-0.15, -0.1) is 0 Å². The van der Waals surface area contributed by atoms with Crippen molar-refractivity contribution >= 4 is 23.9 Å². The van der Waals surface area contributed by atoms with E-state index >= 15 is 0 Å². The van der Waals surface area contributed by atoms with Crippen molar-refractivity contribution in [1.29, 1.82) is 0 Å². The summed E-state index contributed by atoms with van der Waals surface area (Å²) >= 11 is 0. The van der Waals surface area contributed by atoms with Gasteiger partial charge in [-0.2, -0.15) is 0 Å². The van der Waals surface area contributed by atoms with Crippen LogP contribution in [-0.2, 0) is 19.2 Å². The van der Waals surface area contributed by atoms with Gasteiger partial charge in [-0.05, 0) is 0 Å². The van der Waals surface area contributed by atoms with Crippen LogP contribution in [-0.4, -0.2) is 44.3 Å². The van der Waals surface area contributed by atoms with E-state index in [-0.39, 0.29) is 0 Å². The second kappa shape index (κ2) is 32.7. The van der Waals surface area contributed by atoms with Gasteiger partial charge in [-0.1, -0.05) is 52.4 Å². The minimum atomic E-state index is -0.833. The third kappa shape index (κ3) is 854. The van der Waals surface area contributed by atoms with Crippen molar-refractivity contribution in [1.82, 2.24) is 0 Å². The van der Waals surface area contributed by atoms with E-state index in [2.05, 4.69) is 13.8 Å². The Labute approximate surface area is 144 Å². The molecule has 0 aliphatic carbocycles. The van der Waals surface area contributed by atoms with E-state index in [0.717, 1.165) is 34.1 Å². The molecule has 0 aromatic carbocycles. The van der Waals surface area contributed by atoms with Gasteiger partial charge in [0.25, 0.3) is 23.9 Å². The molecule has 0 spiro atoms. The van der Waals surface area contributed by atoms with Gasteiger partial charge >= 0.3 is 0 Å². The second-order valence-electron chi connectivity index (χ2n) is 4.34. The normalized spacial score (nSPS) is 7.42. The van der Waals surface area contributed by atoms with Crippen LogP contribution in [0.2, 0.25) is 0 Å². The number of carboxylic acids is 4. The number of rotatable bonds is 5. The summed E-state index contributed by atoms with van der Waals surface area (Å²) in [6.45, 7) is 10.4. The van der Waals surface area contributed by atoms with Crippen LogP contribution in [0.25, 0.3) is 0 Å². The number of hydrogen-bond donors (Lipinski definition) is 4. The lowest BCUT2D eigenvalue weighted by Crippen LogP contribution is -1.78. The first-order chi connectivity index (χ1) is 10.8. The van der Waals surface area contributed by atoms with Gasteiger partial charge in [0.05, 0.1) is 0 Å². The summed E-state index contributed by atoms with van der Waals surface area (Å²) in [5.74, 6) is -3.33. The maximum atomic E-state index is 9.00. The molecular weight excluding hydrogens is 320 g/mol. The van der Waals surface area contributed by atoms with Gasteiger partial charge in [-0.25, -0.2) is 0 Å². The first kappa shape index (κ1) is 33.5. The summed E-state index contributed by atoms with van der Waals surface area (Å²) < 4.78 is 0. The van der Waals surface area contributed by atoms with Gasteiger partial charge < -0.3 is 20.4 Å². The summed E-state index contributed by atoms with van der Waals surface area (Å²) in [5, 5.41) is 29.7. The van der Waals surface area contributed by atoms with Crippen LogP contribution in [0.5, 0.6) is 0 Å². The number of aliphatic carboxylic acids is 4. The second-order valence-corrected chi connectivity index (χ2v) is 4.34. The Hall–Kier alpha value is -2.12. The first-order valence-corrected chi connectivity index (χ1v) is 7.42. The lowest BCUT2D eigenvalue weighted by molar-refractivity contribution is -0.135. The van der Waals surface area contributed by atoms with Crippen LogP contribution < -0.4 is 0 Å². The summed E-state index contributed by atoms with van der Waals surface area (Å²) in [6, 6.07) is 0. The van der Waals surface area contributed by atoms with Crippen molar-refractivity contribution in [3.05, 3.63) is 6.92 Å². The van der Waals surface area contributed by atoms with Crippen molar-refractivity contribution in [3.8, 4) is 0 Å². The third-order valence-electron chi connectivity index (χ3n) is 1.35. The van der Waals surface area contributed by atoms with Crippen LogP contribution >= 0.6 is 0 Å². The molecule has 0 saturated carbocycles.